The summed E-state index contributed by atoms with van der Waals surface area (Å²) in [5.41, 5.74) is 3.60. The van der Waals surface area contributed by atoms with Gasteiger partial charge in [0.05, 0.1) is 7.11 Å². The smallest absolute Gasteiger partial charge is 0.212 e. The van der Waals surface area contributed by atoms with Gasteiger partial charge in [-0.05, 0) is 49.0 Å². The molecule has 0 aromatic carbocycles. The molecule has 1 saturated heterocycles. The molecular formula is C19H21N4O. The van der Waals surface area contributed by atoms with Gasteiger partial charge < -0.3 is 9.14 Å². The summed E-state index contributed by atoms with van der Waals surface area (Å²) < 4.78 is 7.17. The van der Waals surface area contributed by atoms with Crippen LogP contribution in [0.15, 0.2) is 42.9 Å². The highest BCUT2D eigenvalue weighted by molar-refractivity contribution is 5.40. The third-order valence-corrected chi connectivity index (χ3v) is 4.83. The summed E-state index contributed by atoms with van der Waals surface area (Å²) in [5, 5.41) is 0. The average molecular weight is 321 g/mol. The molecule has 123 valence electrons. The Morgan fingerprint density at radius 2 is 2.08 bits per heavy atom. The number of methoxy groups -OCH3 is 1. The molecule has 0 unspecified atom stereocenters. The third-order valence-electron chi connectivity index (χ3n) is 4.83. The van der Waals surface area contributed by atoms with E-state index in [4.69, 9.17) is 4.74 Å². The van der Waals surface area contributed by atoms with Crippen molar-refractivity contribution in [1.82, 2.24) is 19.3 Å². The van der Waals surface area contributed by atoms with Gasteiger partial charge in [-0.2, -0.15) is 0 Å². The summed E-state index contributed by atoms with van der Waals surface area (Å²) in [6, 6.07) is 8.33. The van der Waals surface area contributed by atoms with E-state index in [0.29, 0.717) is 11.8 Å². The number of piperidine rings is 1. The first-order valence-corrected chi connectivity index (χ1v) is 8.38. The van der Waals surface area contributed by atoms with Gasteiger partial charge in [0.2, 0.25) is 5.88 Å². The van der Waals surface area contributed by atoms with Crippen LogP contribution in [0.3, 0.4) is 0 Å². The SMILES string of the molecule is COc1ccc(CN2CCC(c3ccc4n[c]cn4c3)CC2)cn1. The largest absolute Gasteiger partial charge is 0.481 e. The van der Waals surface area contributed by atoms with Crippen LogP contribution in [0.2, 0.25) is 0 Å². The molecule has 0 N–H and O–H groups in total. The van der Waals surface area contributed by atoms with Crippen LogP contribution in [0.1, 0.15) is 29.9 Å². The zero-order valence-electron chi connectivity index (χ0n) is 13.9. The van der Waals surface area contributed by atoms with Crippen LogP contribution in [0.25, 0.3) is 5.65 Å². The topological polar surface area (TPSA) is 42.7 Å². The Hall–Kier alpha value is -2.40. The lowest BCUT2D eigenvalue weighted by Gasteiger charge is -2.32. The minimum absolute atomic E-state index is 0.627. The zero-order chi connectivity index (χ0) is 16.4. The predicted molar refractivity (Wildman–Crippen MR) is 92.1 cm³/mol. The van der Waals surface area contributed by atoms with Crippen molar-refractivity contribution >= 4 is 5.65 Å². The Bertz CT molecular complexity index is 804. The average Bonchev–Trinajstić information content (AvgIpc) is 3.11. The minimum atomic E-state index is 0.627. The molecule has 1 fully saturated rings. The van der Waals surface area contributed by atoms with Gasteiger partial charge in [-0.25, -0.2) is 9.97 Å². The van der Waals surface area contributed by atoms with Crippen molar-refractivity contribution in [3.05, 3.63) is 60.2 Å². The number of rotatable bonds is 4. The maximum atomic E-state index is 5.11. The molecule has 0 spiro atoms. The molecule has 5 heteroatoms. The second-order valence-corrected chi connectivity index (χ2v) is 6.36. The summed E-state index contributed by atoms with van der Waals surface area (Å²) in [4.78, 5) is 11.0. The van der Waals surface area contributed by atoms with Gasteiger partial charge in [0.1, 0.15) is 11.8 Å². The van der Waals surface area contributed by atoms with Gasteiger partial charge in [0, 0.05) is 31.2 Å². The molecule has 0 amide bonds. The lowest BCUT2D eigenvalue weighted by molar-refractivity contribution is 0.204. The predicted octanol–water partition coefficient (Wildman–Crippen LogP) is 2.92. The first-order chi connectivity index (χ1) is 11.8. The highest BCUT2D eigenvalue weighted by Gasteiger charge is 2.21. The van der Waals surface area contributed by atoms with Crippen LogP contribution < -0.4 is 4.74 Å². The van der Waals surface area contributed by atoms with E-state index in [-0.39, 0.29) is 0 Å². The number of pyridine rings is 2. The van der Waals surface area contributed by atoms with Crippen LogP contribution in [0.4, 0.5) is 0 Å². The van der Waals surface area contributed by atoms with E-state index < -0.39 is 0 Å². The molecule has 0 aliphatic carbocycles. The summed E-state index contributed by atoms with van der Waals surface area (Å²) in [6.45, 7) is 3.19. The molecule has 1 aliphatic rings. The summed E-state index contributed by atoms with van der Waals surface area (Å²) in [6.07, 6.45) is 11.3. The number of likely N-dealkylation sites (tertiary alicyclic amines) is 1. The van der Waals surface area contributed by atoms with E-state index in [1.54, 1.807) is 7.11 Å². The van der Waals surface area contributed by atoms with Crippen LogP contribution in [0.5, 0.6) is 5.88 Å². The zero-order valence-corrected chi connectivity index (χ0v) is 13.9. The summed E-state index contributed by atoms with van der Waals surface area (Å²) >= 11 is 0. The lowest BCUT2D eigenvalue weighted by Crippen LogP contribution is -2.32. The van der Waals surface area contributed by atoms with Crippen LogP contribution in [-0.2, 0) is 6.54 Å². The quantitative estimate of drug-likeness (QED) is 0.741. The van der Waals surface area contributed by atoms with Crippen molar-refractivity contribution in [2.45, 2.75) is 25.3 Å². The lowest BCUT2D eigenvalue weighted by atomic mass is 9.90. The molecule has 5 nitrogen and oxygen atoms in total. The number of ether oxygens (including phenoxy) is 1. The van der Waals surface area contributed by atoms with E-state index in [1.807, 2.05) is 18.5 Å². The van der Waals surface area contributed by atoms with Gasteiger partial charge in [0.15, 0.2) is 0 Å². The van der Waals surface area contributed by atoms with Gasteiger partial charge >= 0.3 is 0 Å². The van der Waals surface area contributed by atoms with Crippen LogP contribution >= 0.6 is 0 Å². The molecule has 0 atom stereocenters. The molecule has 24 heavy (non-hydrogen) atoms. The highest BCUT2D eigenvalue weighted by atomic mass is 16.5. The fourth-order valence-electron chi connectivity index (χ4n) is 3.43. The number of hydrogen-bond acceptors (Lipinski definition) is 4. The molecule has 1 aliphatic heterocycles. The molecular weight excluding hydrogens is 300 g/mol. The number of hydrogen-bond donors (Lipinski definition) is 0. The first-order valence-electron chi connectivity index (χ1n) is 8.38. The van der Waals surface area contributed by atoms with Gasteiger partial charge in [0.25, 0.3) is 0 Å². The molecule has 3 aromatic heterocycles. The molecule has 1 radical (unpaired) electrons. The van der Waals surface area contributed by atoms with E-state index in [1.165, 1.54) is 24.0 Å². The maximum Gasteiger partial charge on any atom is 0.212 e. The molecule has 3 aromatic rings. The monoisotopic (exact) mass is 321 g/mol. The molecule has 0 bridgehead atoms. The Labute approximate surface area is 141 Å². The number of imidazole rings is 1. The van der Waals surface area contributed by atoms with Crippen molar-refractivity contribution in [1.29, 1.82) is 0 Å². The van der Waals surface area contributed by atoms with Crippen molar-refractivity contribution in [2.24, 2.45) is 0 Å². The Balaban J connectivity index is 1.37. The van der Waals surface area contributed by atoms with Crippen LogP contribution in [0, 0.1) is 6.20 Å². The maximum absolute atomic E-state index is 5.11. The standard InChI is InChI=1S/C19H21N4O/c1-24-19-5-2-15(12-21-19)13-22-9-6-16(7-10-22)17-3-4-18-20-8-11-23(18)14-17/h2-5,11-12,14,16H,6-7,9-10,13H2,1H3. The van der Waals surface area contributed by atoms with Gasteiger partial charge in [-0.15, -0.1) is 0 Å². The number of fused-ring (bicyclic) bond motifs is 1. The highest BCUT2D eigenvalue weighted by Crippen LogP contribution is 2.28. The van der Waals surface area contributed by atoms with Gasteiger partial charge in [-0.1, -0.05) is 12.1 Å². The van der Waals surface area contributed by atoms with Crippen molar-refractivity contribution in [2.75, 3.05) is 20.2 Å². The molecule has 0 saturated carbocycles. The summed E-state index contributed by atoms with van der Waals surface area (Å²) in [5.74, 6) is 1.30. The number of nitrogens with zero attached hydrogens (tertiary/aromatic N) is 4. The molecule has 4 heterocycles. The van der Waals surface area contributed by atoms with Crippen molar-refractivity contribution < 1.29 is 4.74 Å². The Morgan fingerprint density at radius 3 is 2.83 bits per heavy atom. The Kier molecular flexibility index (Phi) is 4.17. The fourth-order valence-corrected chi connectivity index (χ4v) is 3.43. The van der Waals surface area contributed by atoms with Crippen molar-refractivity contribution in [3.8, 4) is 5.88 Å². The first kappa shape index (κ1) is 15.1. The van der Waals surface area contributed by atoms with E-state index in [9.17, 15) is 0 Å². The Morgan fingerprint density at radius 1 is 1.21 bits per heavy atom. The van der Waals surface area contributed by atoms with E-state index in [2.05, 4.69) is 49.9 Å². The van der Waals surface area contributed by atoms with E-state index in [0.717, 1.165) is 25.3 Å². The summed E-state index contributed by atoms with van der Waals surface area (Å²) in [7, 11) is 1.64. The molecule has 4 rings (SSSR count). The second kappa shape index (κ2) is 6.61. The van der Waals surface area contributed by atoms with E-state index >= 15 is 0 Å². The second-order valence-electron chi connectivity index (χ2n) is 6.36. The fraction of sp³-hybridized carbons (Fsp3) is 0.368. The van der Waals surface area contributed by atoms with Crippen molar-refractivity contribution in [3.63, 3.8) is 0 Å². The third kappa shape index (κ3) is 3.12. The number of aromatic nitrogens is 3. The van der Waals surface area contributed by atoms with Gasteiger partial charge in [-0.3, -0.25) is 4.90 Å². The normalized spacial score (nSPS) is 16.5. The minimum Gasteiger partial charge on any atom is -0.481 e. The van der Waals surface area contributed by atoms with Crippen LogP contribution in [-0.4, -0.2) is 39.5 Å².